The van der Waals surface area contributed by atoms with E-state index in [1.54, 1.807) is 49.6 Å². The summed E-state index contributed by atoms with van der Waals surface area (Å²) in [6.07, 6.45) is 0. The highest BCUT2D eigenvalue weighted by molar-refractivity contribution is 7.89. The third kappa shape index (κ3) is 6.10. The molecule has 9 heteroatoms. The van der Waals surface area contributed by atoms with Crippen molar-refractivity contribution in [2.75, 3.05) is 21.3 Å². The van der Waals surface area contributed by atoms with Gasteiger partial charge in [0.25, 0.3) is 5.56 Å². The molecule has 0 bridgehead atoms. The molecule has 0 aliphatic carbocycles. The largest absolute Gasteiger partial charge is 0.497 e. The van der Waals surface area contributed by atoms with Crippen LogP contribution in [0.15, 0.2) is 76.4 Å². The van der Waals surface area contributed by atoms with Gasteiger partial charge in [0.15, 0.2) is 11.5 Å². The van der Waals surface area contributed by atoms with E-state index in [-0.39, 0.29) is 29.0 Å². The number of rotatable bonds is 9. The number of hydrogen-bond donors (Lipinski definition) is 1. The Morgan fingerprint density at radius 1 is 0.795 bits per heavy atom. The maximum Gasteiger partial charge on any atom is 0.252 e. The van der Waals surface area contributed by atoms with Crippen molar-refractivity contribution in [3.63, 3.8) is 0 Å². The van der Waals surface area contributed by atoms with Gasteiger partial charge in [-0.1, -0.05) is 45.0 Å². The molecular weight excluding hydrogens is 516 g/mol. The molecule has 0 spiro atoms. The monoisotopic (exact) mass is 550 g/mol. The highest BCUT2D eigenvalue weighted by atomic mass is 32.2. The van der Waals surface area contributed by atoms with Gasteiger partial charge in [0.2, 0.25) is 10.0 Å². The number of pyridine rings is 1. The second kappa shape index (κ2) is 11.1. The number of H-pyrrole nitrogens is 1. The Hall–Kier alpha value is -3.82. The van der Waals surface area contributed by atoms with Crippen molar-refractivity contribution in [3.8, 4) is 17.2 Å². The van der Waals surface area contributed by atoms with Gasteiger partial charge in [-0.25, -0.2) is 8.42 Å². The number of fused-ring (bicyclic) bond motifs is 1. The van der Waals surface area contributed by atoms with Crippen LogP contribution in [0.2, 0.25) is 0 Å². The Kier molecular flexibility index (Phi) is 8.04. The average Bonchev–Trinajstić information content (AvgIpc) is 2.92. The first-order valence-electron chi connectivity index (χ1n) is 12.5. The number of ether oxygens (including phenoxy) is 3. The number of nitrogens with one attached hydrogen (secondary N) is 1. The van der Waals surface area contributed by atoms with Crippen LogP contribution in [0.3, 0.4) is 0 Å². The van der Waals surface area contributed by atoms with Crippen LogP contribution in [0.1, 0.15) is 37.5 Å². The lowest BCUT2D eigenvalue weighted by atomic mass is 9.87. The fourth-order valence-corrected chi connectivity index (χ4v) is 5.73. The van der Waals surface area contributed by atoms with Gasteiger partial charge in [0.1, 0.15) is 5.75 Å². The van der Waals surface area contributed by atoms with Crippen molar-refractivity contribution in [3.05, 3.63) is 93.8 Å². The smallest absolute Gasteiger partial charge is 0.252 e. The van der Waals surface area contributed by atoms with E-state index in [9.17, 15) is 13.2 Å². The highest BCUT2D eigenvalue weighted by Crippen LogP contribution is 2.32. The zero-order valence-electron chi connectivity index (χ0n) is 23.1. The molecule has 0 unspecified atom stereocenters. The Morgan fingerprint density at radius 2 is 1.41 bits per heavy atom. The number of benzene rings is 3. The molecule has 39 heavy (non-hydrogen) atoms. The fraction of sp³-hybridized carbons (Fsp3) is 0.300. The first-order valence-corrected chi connectivity index (χ1v) is 13.9. The zero-order valence-corrected chi connectivity index (χ0v) is 23.9. The SMILES string of the molecule is COc1ccc(CN(Cc2cc3cc(OC)c(OC)cc3[nH]c2=O)S(=O)(=O)c2ccc(C(C)(C)C)cc2)cc1. The predicted octanol–water partition coefficient (Wildman–Crippen LogP) is 5.24. The van der Waals surface area contributed by atoms with Gasteiger partial charge in [0, 0.05) is 30.1 Å². The summed E-state index contributed by atoms with van der Waals surface area (Å²) in [4.78, 5) is 16.1. The lowest BCUT2D eigenvalue weighted by molar-refractivity contribution is 0.355. The van der Waals surface area contributed by atoms with Gasteiger partial charge < -0.3 is 19.2 Å². The van der Waals surface area contributed by atoms with Crippen molar-refractivity contribution in [1.82, 2.24) is 9.29 Å². The summed E-state index contributed by atoms with van der Waals surface area (Å²) in [5.74, 6) is 1.65. The molecule has 0 saturated heterocycles. The molecular formula is C30H34N2O6S. The van der Waals surface area contributed by atoms with Gasteiger partial charge in [-0.05, 0) is 52.9 Å². The molecule has 4 aromatic rings. The quantitative estimate of drug-likeness (QED) is 0.306. The fourth-order valence-electron chi connectivity index (χ4n) is 4.32. The van der Waals surface area contributed by atoms with E-state index in [0.29, 0.717) is 33.7 Å². The van der Waals surface area contributed by atoms with Crippen LogP contribution in [-0.2, 0) is 28.5 Å². The molecule has 3 aromatic carbocycles. The van der Waals surface area contributed by atoms with Gasteiger partial charge >= 0.3 is 0 Å². The summed E-state index contributed by atoms with van der Waals surface area (Å²) in [5, 5.41) is 0.693. The summed E-state index contributed by atoms with van der Waals surface area (Å²) >= 11 is 0. The van der Waals surface area contributed by atoms with E-state index in [0.717, 1.165) is 11.1 Å². The molecule has 0 aliphatic heterocycles. The van der Waals surface area contributed by atoms with Crippen LogP contribution in [0, 0.1) is 0 Å². The van der Waals surface area contributed by atoms with E-state index in [1.165, 1.54) is 18.5 Å². The molecule has 1 heterocycles. The number of aromatic amines is 1. The molecule has 1 N–H and O–H groups in total. The van der Waals surface area contributed by atoms with Crippen LogP contribution >= 0.6 is 0 Å². The maximum absolute atomic E-state index is 13.9. The van der Waals surface area contributed by atoms with Gasteiger partial charge in [-0.3, -0.25) is 4.79 Å². The summed E-state index contributed by atoms with van der Waals surface area (Å²) in [5.41, 5.74) is 2.15. The molecule has 0 atom stereocenters. The van der Waals surface area contributed by atoms with Crippen LogP contribution in [0.5, 0.6) is 17.2 Å². The highest BCUT2D eigenvalue weighted by Gasteiger charge is 2.27. The number of sulfonamides is 1. The topological polar surface area (TPSA) is 97.9 Å². The molecule has 0 saturated carbocycles. The number of methoxy groups -OCH3 is 3. The average molecular weight is 551 g/mol. The molecule has 0 radical (unpaired) electrons. The van der Waals surface area contributed by atoms with Crippen LogP contribution in [0.25, 0.3) is 10.9 Å². The molecule has 0 amide bonds. The minimum atomic E-state index is -3.96. The Labute approximate surface area is 229 Å². The Balaban J connectivity index is 1.77. The van der Waals surface area contributed by atoms with E-state index in [4.69, 9.17) is 14.2 Å². The van der Waals surface area contributed by atoms with E-state index >= 15 is 0 Å². The van der Waals surface area contributed by atoms with Crippen LogP contribution in [0.4, 0.5) is 0 Å². The van der Waals surface area contributed by atoms with Gasteiger partial charge in [0.05, 0.1) is 31.7 Å². The zero-order chi connectivity index (χ0) is 28.4. The normalized spacial score (nSPS) is 12.1. The second-order valence-electron chi connectivity index (χ2n) is 10.3. The first kappa shape index (κ1) is 28.2. The third-order valence-electron chi connectivity index (χ3n) is 6.65. The minimum Gasteiger partial charge on any atom is -0.497 e. The molecule has 4 rings (SSSR count). The van der Waals surface area contributed by atoms with Crippen molar-refractivity contribution >= 4 is 20.9 Å². The summed E-state index contributed by atoms with van der Waals surface area (Å²) in [7, 11) is 0.661. The van der Waals surface area contributed by atoms with Crippen molar-refractivity contribution in [1.29, 1.82) is 0 Å². The van der Waals surface area contributed by atoms with E-state index in [1.807, 2.05) is 24.3 Å². The summed E-state index contributed by atoms with van der Waals surface area (Å²) in [6.45, 7) is 6.15. The lowest BCUT2D eigenvalue weighted by Crippen LogP contribution is -2.32. The molecule has 1 aromatic heterocycles. The Morgan fingerprint density at radius 3 is 1.97 bits per heavy atom. The third-order valence-corrected chi connectivity index (χ3v) is 8.45. The standard InChI is InChI=1S/C30H34N2O6S/c1-30(2,3)23-9-13-25(14-10-23)39(34,35)32(18-20-7-11-24(36-4)12-8-20)19-22-15-21-16-27(37-5)28(38-6)17-26(21)31-29(22)33/h7-17H,18-19H2,1-6H3,(H,31,33). The van der Waals surface area contributed by atoms with Crippen molar-refractivity contribution in [2.45, 2.75) is 44.2 Å². The number of aromatic nitrogens is 1. The molecule has 0 fully saturated rings. The Bertz CT molecular complexity index is 1620. The second-order valence-corrected chi connectivity index (χ2v) is 12.3. The van der Waals surface area contributed by atoms with Crippen LogP contribution < -0.4 is 19.8 Å². The first-order chi connectivity index (χ1) is 18.5. The summed E-state index contributed by atoms with van der Waals surface area (Å²) in [6, 6.07) is 19.2. The number of hydrogen-bond acceptors (Lipinski definition) is 6. The maximum atomic E-state index is 13.9. The lowest BCUT2D eigenvalue weighted by Gasteiger charge is -2.24. The van der Waals surface area contributed by atoms with E-state index in [2.05, 4.69) is 25.8 Å². The molecule has 0 aliphatic rings. The predicted molar refractivity (Wildman–Crippen MR) is 152 cm³/mol. The number of nitrogens with zero attached hydrogens (tertiary/aromatic N) is 1. The van der Waals surface area contributed by atoms with Crippen molar-refractivity contribution < 1.29 is 22.6 Å². The van der Waals surface area contributed by atoms with Gasteiger partial charge in [-0.15, -0.1) is 0 Å². The molecule has 8 nitrogen and oxygen atoms in total. The van der Waals surface area contributed by atoms with Crippen LogP contribution in [-0.4, -0.2) is 39.0 Å². The molecule has 206 valence electrons. The van der Waals surface area contributed by atoms with E-state index < -0.39 is 10.0 Å². The summed E-state index contributed by atoms with van der Waals surface area (Å²) < 4.78 is 45.2. The van der Waals surface area contributed by atoms with Crippen molar-refractivity contribution in [2.24, 2.45) is 0 Å². The minimum absolute atomic E-state index is 0.0662. The van der Waals surface area contributed by atoms with Gasteiger partial charge in [-0.2, -0.15) is 4.31 Å².